The van der Waals surface area contributed by atoms with Gasteiger partial charge < -0.3 is 10.2 Å². The van der Waals surface area contributed by atoms with Gasteiger partial charge in [-0.15, -0.1) is 0 Å². The minimum atomic E-state index is -0.0735. The second-order valence-corrected chi connectivity index (χ2v) is 6.79. The molecule has 1 fully saturated rings. The predicted molar refractivity (Wildman–Crippen MR) is 99.6 cm³/mol. The zero-order valence-corrected chi connectivity index (χ0v) is 14.7. The zero-order chi connectivity index (χ0) is 16.9. The molecule has 126 valence electrons. The highest BCUT2D eigenvalue weighted by Crippen LogP contribution is 2.31. The van der Waals surface area contributed by atoms with Gasteiger partial charge in [-0.05, 0) is 37.5 Å². The standard InChI is InChI=1S/C20H23ClN2O/c1-15-10-12-16(13-11-15)19-9-3-2-6-14-23(19)20(24)22-18-8-5-4-7-17(18)21/h4-5,7-8,10-13,19H,2-3,6,9,14H2,1H3,(H,22,24). The van der Waals surface area contributed by atoms with Crippen LogP contribution in [0, 0.1) is 6.92 Å². The number of benzene rings is 2. The maximum atomic E-state index is 12.9. The highest BCUT2D eigenvalue weighted by molar-refractivity contribution is 6.33. The van der Waals surface area contributed by atoms with E-state index < -0.39 is 0 Å². The molecule has 3 rings (SSSR count). The lowest BCUT2D eigenvalue weighted by Crippen LogP contribution is -2.38. The third-order valence-electron chi connectivity index (χ3n) is 4.59. The van der Waals surface area contributed by atoms with Crippen LogP contribution in [-0.4, -0.2) is 17.5 Å². The maximum Gasteiger partial charge on any atom is 0.322 e. The van der Waals surface area contributed by atoms with E-state index in [1.54, 1.807) is 6.07 Å². The van der Waals surface area contributed by atoms with E-state index in [2.05, 4.69) is 36.5 Å². The number of halogens is 1. The van der Waals surface area contributed by atoms with Gasteiger partial charge in [0.05, 0.1) is 16.8 Å². The summed E-state index contributed by atoms with van der Waals surface area (Å²) in [6, 6.07) is 15.9. The predicted octanol–water partition coefficient (Wildman–Crippen LogP) is 5.80. The van der Waals surface area contributed by atoms with Crippen molar-refractivity contribution in [2.75, 3.05) is 11.9 Å². The lowest BCUT2D eigenvalue weighted by Gasteiger charge is -2.30. The van der Waals surface area contributed by atoms with Gasteiger partial charge in [-0.25, -0.2) is 4.79 Å². The number of likely N-dealkylation sites (tertiary alicyclic amines) is 1. The van der Waals surface area contributed by atoms with E-state index in [-0.39, 0.29) is 12.1 Å². The Morgan fingerprint density at radius 1 is 1.08 bits per heavy atom. The topological polar surface area (TPSA) is 32.3 Å². The molecule has 2 aromatic carbocycles. The van der Waals surface area contributed by atoms with Crippen LogP contribution in [0.1, 0.15) is 42.9 Å². The van der Waals surface area contributed by atoms with Gasteiger partial charge in [-0.3, -0.25) is 0 Å². The van der Waals surface area contributed by atoms with Gasteiger partial charge >= 0.3 is 6.03 Å². The first-order chi connectivity index (χ1) is 11.6. The monoisotopic (exact) mass is 342 g/mol. The van der Waals surface area contributed by atoms with Gasteiger partial charge in [-0.2, -0.15) is 0 Å². The van der Waals surface area contributed by atoms with E-state index in [1.807, 2.05) is 23.1 Å². The van der Waals surface area contributed by atoms with Gasteiger partial charge in [0.15, 0.2) is 0 Å². The number of carbonyl (C=O) groups excluding carboxylic acids is 1. The number of rotatable bonds is 2. The van der Waals surface area contributed by atoms with E-state index in [4.69, 9.17) is 11.6 Å². The van der Waals surface area contributed by atoms with E-state index in [0.717, 1.165) is 32.2 Å². The smallest absolute Gasteiger partial charge is 0.317 e. The minimum Gasteiger partial charge on any atom is -0.317 e. The third kappa shape index (κ3) is 3.90. The van der Waals surface area contributed by atoms with Crippen molar-refractivity contribution < 1.29 is 4.79 Å². The molecule has 1 aliphatic heterocycles. The number of hydrogen-bond acceptors (Lipinski definition) is 1. The normalized spacial score (nSPS) is 18.1. The molecule has 0 radical (unpaired) electrons. The Morgan fingerprint density at radius 3 is 2.58 bits per heavy atom. The number of para-hydroxylation sites is 1. The van der Waals surface area contributed by atoms with Crippen molar-refractivity contribution >= 4 is 23.3 Å². The van der Waals surface area contributed by atoms with Crippen LogP contribution in [0.5, 0.6) is 0 Å². The van der Waals surface area contributed by atoms with Crippen LogP contribution in [0.15, 0.2) is 48.5 Å². The van der Waals surface area contributed by atoms with E-state index in [9.17, 15) is 4.79 Å². The summed E-state index contributed by atoms with van der Waals surface area (Å²) in [7, 11) is 0. The zero-order valence-electron chi connectivity index (χ0n) is 14.0. The molecular formula is C20H23ClN2O. The van der Waals surface area contributed by atoms with Crippen molar-refractivity contribution in [2.24, 2.45) is 0 Å². The minimum absolute atomic E-state index is 0.0735. The van der Waals surface area contributed by atoms with Crippen molar-refractivity contribution in [2.45, 2.75) is 38.6 Å². The van der Waals surface area contributed by atoms with Crippen molar-refractivity contribution in [3.63, 3.8) is 0 Å². The van der Waals surface area contributed by atoms with Gasteiger partial charge in [0.2, 0.25) is 0 Å². The maximum absolute atomic E-state index is 12.9. The lowest BCUT2D eigenvalue weighted by molar-refractivity contribution is 0.189. The van der Waals surface area contributed by atoms with Crippen molar-refractivity contribution in [3.8, 4) is 0 Å². The summed E-state index contributed by atoms with van der Waals surface area (Å²) < 4.78 is 0. The second-order valence-electron chi connectivity index (χ2n) is 6.38. The Labute approximate surface area is 148 Å². The first-order valence-corrected chi connectivity index (χ1v) is 8.91. The number of hydrogen-bond donors (Lipinski definition) is 1. The molecule has 0 bridgehead atoms. The molecule has 1 unspecified atom stereocenters. The van der Waals surface area contributed by atoms with Gasteiger partial charge in [-0.1, -0.05) is 66.4 Å². The van der Waals surface area contributed by atoms with Gasteiger partial charge in [0, 0.05) is 6.54 Å². The van der Waals surface area contributed by atoms with Crippen LogP contribution in [0.4, 0.5) is 10.5 Å². The van der Waals surface area contributed by atoms with Gasteiger partial charge in [0.1, 0.15) is 0 Å². The summed E-state index contributed by atoms with van der Waals surface area (Å²) in [4.78, 5) is 14.8. The van der Waals surface area contributed by atoms with E-state index in [1.165, 1.54) is 11.1 Å². The molecule has 3 nitrogen and oxygen atoms in total. The fourth-order valence-electron chi connectivity index (χ4n) is 3.24. The Kier molecular flexibility index (Phi) is 5.41. The molecule has 0 aromatic heterocycles. The Bertz CT molecular complexity index is 699. The number of carbonyl (C=O) groups is 1. The largest absolute Gasteiger partial charge is 0.322 e. The Morgan fingerprint density at radius 2 is 1.83 bits per heavy atom. The van der Waals surface area contributed by atoms with Crippen LogP contribution < -0.4 is 5.32 Å². The number of aryl methyl sites for hydroxylation is 1. The summed E-state index contributed by atoms with van der Waals surface area (Å²) in [5.74, 6) is 0. The molecule has 0 aliphatic carbocycles. The van der Waals surface area contributed by atoms with Crippen LogP contribution >= 0.6 is 11.6 Å². The summed E-state index contributed by atoms with van der Waals surface area (Å²) in [5, 5.41) is 3.54. The molecule has 1 N–H and O–H groups in total. The summed E-state index contributed by atoms with van der Waals surface area (Å²) in [6.07, 6.45) is 4.35. The number of nitrogens with zero attached hydrogens (tertiary/aromatic N) is 1. The molecule has 1 heterocycles. The molecule has 0 spiro atoms. The molecule has 2 amide bonds. The SMILES string of the molecule is Cc1ccc(C2CCCCCN2C(=O)Nc2ccccc2Cl)cc1. The lowest BCUT2D eigenvalue weighted by atomic mass is 10.00. The summed E-state index contributed by atoms with van der Waals surface area (Å²) >= 11 is 6.18. The molecule has 1 atom stereocenters. The molecule has 24 heavy (non-hydrogen) atoms. The number of urea groups is 1. The van der Waals surface area contributed by atoms with Gasteiger partial charge in [0.25, 0.3) is 0 Å². The van der Waals surface area contributed by atoms with Crippen molar-refractivity contribution in [3.05, 3.63) is 64.7 Å². The Balaban J connectivity index is 1.82. The van der Waals surface area contributed by atoms with Crippen molar-refractivity contribution in [1.29, 1.82) is 0 Å². The van der Waals surface area contributed by atoms with Crippen LogP contribution in [0.2, 0.25) is 5.02 Å². The molecule has 2 aromatic rings. The van der Waals surface area contributed by atoms with E-state index in [0.29, 0.717) is 10.7 Å². The first-order valence-electron chi connectivity index (χ1n) is 8.54. The van der Waals surface area contributed by atoms with Crippen LogP contribution in [-0.2, 0) is 0 Å². The number of amides is 2. The fourth-order valence-corrected chi connectivity index (χ4v) is 3.42. The second kappa shape index (κ2) is 7.71. The first kappa shape index (κ1) is 16.8. The van der Waals surface area contributed by atoms with Crippen LogP contribution in [0.25, 0.3) is 0 Å². The summed E-state index contributed by atoms with van der Waals surface area (Å²) in [6.45, 7) is 2.85. The summed E-state index contributed by atoms with van der Waals surface area (Å²) in [5.41, 5.74) is 3.10. The molecule has 4 heteroatoms. The Hall–Kier alpha value is -2.00. The number of nitrogens with one attached hydrogen (secondary N) is 1. The molecular weight excluding hydrogens is 320 g/mol. The highest BCUT2D eigenvalue weighted by atomic mass is 35.5. The van der Waals surface area contributed by atoms with Crippen molar-refractivity contribution in [1.82, 2.24) is 4.90 Å². The molecule has 1 saturated heterocycles. The molecule has 0 saturated carbocycles. The average molecular weight is 343 g/mol. The fraction of sp³-hybridized carbons (Fsp3) is 0.350. The highest BCUT2D eigenvalue weighted by Gasteiger charge is 2.27. The number of anilines is 1. The molecule has 1 aliphatic rings. The average Bonchev–Trinajstić information content (AvgIpc) is 2.84. The quantitative estimate of drug-likeness (QED) is 0.735. The van der Waals surface area contributed by atoms with Crippen LogP contribution in [0.3, 0.4) is 0 Å². The van der Waals surface area contributed by atoms with E-state index >= 15 is 0 Å². The third-order valence-corrected chi connectivity index (χ3v) is 4.92.